The maximum atomic E-state index is 5.94. The van der Waals surface area contributed by atoms with Gasteiger partial charge in [0.1, 0.15) is 0 Å². The summed E-state index contributed by atoms with van der Waals surface area (Å²) >= 11 is 7.82. The van der Waals surface area contributed by atoms with Crippen molar-refractivity contribution in [1.29, 1.82) is 0 Å². The largest absolute Gasteiger partial charge is 0.309 e. The summed E-state index contributed by atoms with van der Waals surface area (Å²) in [4.78, 5) is 2.79. The second kappa shape index (κ2) is 7.09. The Morgan fingerprint density at radius 3 is 2.47 bits per heavy atom. The Hall–Kier alpha value is -0.830. The van der Waals surface area contributed by atoms with Crippen LogP contribution in [0.1, 0.15) is 34.7 Å². The van der Waals surface area contributed by atoms with E-state index in [1.54, 1.807) is 0 Å². The average Bonchev–Trinajstić information content (AvgIpc) is 2.83. The highest BCUT2D eigenvalue weighted by atomic mass is 35.5. The first-order valence-corrected chi connectivity index (χ1v) is 7.92. The van der Waals surface area contributed by atoms with Crippen LogP contribution < -0.4 is 5.32 Å². The van der Waals surface area contributed by atoms with Gasteiger partial charge in [-0.2, -0.15) is 0 Å². The van der Waals surface area contributed by atoms with Crippen LogP contribution in [0.5, 0.6) is 0 Å². The maximum Gasteiger partial charge on any atom is 0.0455 e. The average molecular weight is 294 g/mol. The molecule has 2 aromatic rings. The van der Waals surface area contributed by atoms with E-state index >= 15 is 0 Å². The summed E-state index contributed by atoms with van der Waals surface area (Å²) in [7, 11) is 0. The summed E-state index contributed by atoms with van der Waals surface area (Å²) in [5.74, 6) is 0. The number of hydrogen-bond donors (Lipinski definition) is 1. The molecular weight excluding hydrogens is 274 g/mol. The van der Waals surface area contributed by atoms with Crippen LogP contribution >= 0.6 is 22.9 Å². The molecule has 1 nitrogen and oxygen atoms in total. The number of thiophene rings is 1. The van der Waals surface area contributed by atoms with E-state index in [1.807, 2.05) is 23.5 Å². The molecule has 1 heterocycles. The fourth-order valence-corrected chi connectivity index (χ4v) is 3.17. The van der Waals surface area contributed by atoms with Crippen molar-refractivity contribution in [2.45, 2.75) is 32.7 Å². The second-order valence-electron chi connectivity index (χ2n) is 4.79. The van der Waals surface area contributed by atoms with Gasteiger partial charge in [-0.05, 0) is 56.1 Å². The van der Waals surface area contributed by atoms with E-state index in [-0.39, 0.29) is 0 Å². The van der Waals surface area contributed by atoms with Gasteiger partial charge in [-0.25, -0.2) is 0 Å². The fourth-order valence-electron chi connectivity index (χ4n) is 2.09. The molecule has 0 aliphatic rings. The Balaban J connectivity index is 2.11. The number of nitrogens with one attached hydrogen (secondary N) is 1. The van der Waals surface area contributed by atoms with Crippen molar-refractivity contribution in [3.05, 3.63) is 56.7 Å². The molecule has 102 valence electrons. The Kier molecular flexibility index (Phi) is 5.44. The third-order valence-corrected chi connectivity index (χ3v) is 4.46. The van der Waals surface area contributed by atoms with E-state index in [2.05, 4.69) is 43.4 Å². The normalized spacial score (nSPS) is 12.6. The van der Waals surface area contributed by atoms with Crippen LogP contribution in [-0.4, -0.2) is 6.54 Å². The van der Waals surface area contributed by atoms with Crippen molar-refractivity contribution >= 4 is 22.9 Å². The fraction of sp³-hybridized carbons (Fsp3) is 0.375. The molecule has 19 heavy (non-hydrogen) atoms. The van der Waals surface area contributed by atoms with Gasteiger partial charge in [0.25, 0.3) is 0 Å². The van der Waals surface area contributed by atoms with Gasteiger partial charge in [-0.15, -0.1) is 11.3 Å². The molecule has 1 aromatic heterocycles. The third-order valence-electron chi connectivity index (χ3n) is 3.10. The Morgan fingerprint density at radius 2 is 1.89 bits per heavy atom. The minimum atomic E-state index is 0.403. The molecule has 0 bridgehead atoms. The van der Waals surface area contributed by atoms with Gasteiger partial charge in [0, 0.05) is 20.8 Å². The highest BCUT2D eigenvalue weighted by molar-refractivity contribution is 7.12. The molecule has 1 atom stereocenters. The van der Waals surface area contributed by atoms with E-state index in [9.17, 15) is 0 Å². The summed E-state index contributed by atoms with van der Waals surface area (Å²) in [5.41, 5.74) is 1.32. The standard InChI is InChI=1S/C16H20ClNS/c1-3-10-18-15(16-9-4-12(2)19-16)11-13-5-7-14(17)8-6-13/h4-9,15,18H,3,10-11H2,1-2H3. The molecule has 0 spiro atoms. The monoisotopic (exact) mass is 293 g/mol. The lowest BCUT2D eigenvalue weighted by Gasteiger charge is -2.17. The molecule has 1 N–H and O–H groups in total. The van der Waals surface area contributed by atoms with Crippen molar-refractivity contribution in [3.63, 3.8) is 0 Å². The molecule has 3 heteroatoms. The van der Waals surface area contributed by atoms with Gasteiger partial charge in [0.2, 0.25) is 0 Å². The van der Waals surface area contributed by atoms with Gasteiger partial charge in [-0.1, -0.05) is 30.7 Å². The molecule has 0 aliphatic heterocycles. The molecule has 2 rings (SSSR count). The molecule has 1 unspecified atom stereocenters. The van der Waals surface area contributed by atoms with E-state index in [0.717, 1.165) is 24.4 Å². The zero-order valence-corrected chi connectivity index (χ0v) is 13.0. The molecule has 0 fully saturated rings. The summed E-state index contributed by atoms with van der Waals surface area (Å²) < 4.78 is 0. The maximum absolute atomic E-state index is 5.94. The SMILES string of the molecule is CCCNC(Cc1ccc(Cl)cc1)c1ccc(C)s1. The van der Waals surface area contributed by atoms with Gasteiger partial charge >= 0.3 is 0 Å². The van der Waals surface area contributed by atoms with Crippen molar-refractivity contribution in [1.82, 2.24) is 5.32 Å². The van der Waals surface area contributed by atoms with Crippen LogP contribution in [0.25, 0.3) is 0 Å². The number of rotatable bonds is 6. The van der Waals surface area contributed by atoms with E-state index < -0.39 is 0 Å². The minimum Gasteiger partial charge on any atom is -0.309 e. The molecule has 1 aromatic carbocycles. The van der Waals surface area contributed by atoms with Gasteiger partial charge in [0.05, 0.1) is 0 Å². The van der Waals surface area contributed by atoms with E-state index in [4.69, 9.17) is 11.6 Å². The van der Waals surface area contributed by atoms with Crippen LogP contribution in [0, 0.1) is 6.92 Å². The third kappa shape index (κ3) is 4.34. The molecular formula is C16H20ClNS. The van der Waals surface area contributed by atoms with Crippen LogP contribution in [0.15, 0.2) is 36.4 Å². The quantitative estimate of drug-likeness (QED) is 0.791. The molecule has 0 aliphatic carbocycles. The predicted molar refractivity (Wildman–Crippen MR) is 85.2 cm³/mol. The van der Waals surface area contributed by atoms with Crippen LogP contribution in [0.4, 0.5) is 0 Å². The van der Waals surface area contributed by atoms with Gasteiger partial charge in [-0.3, -0.25) is 0 Å². The molecule has 0 amide bonds. The van der Waals surface area contributed by atoms with Crippen molar-refractivity contribution in [3.8, 4) is 0 Å². The first-order valence-electron chi connectivity index (χ1n) is 6.73. The number of hydrogen-bond acceptors (Lipinski definition) is 2. The van der Waals surface area contributed by atoms with Crippen molar-refractivity contribution in [2.75, 3.05) is 6.54 Å². The van der Waals surface area contributed by atoms with Crippen LogP contribution in [0.3, 0.4) is 0 Å². The lowest BCUT2D eigenvalue weighted by Crippen LogP contribution is -2.23. The van der Waals surface area contributed by atoms with Crippen molar-refractivity contribution in [2.24, 2.45) is 0 Å². The second-order valence-corrected chi connectivity index (χ2v) is 6.54. The summed E-state index contributed by atoms with van der Waals surface area (Å²) in [5, 5.41) is 4.44. The minimum absolute atomic E-state index is 0.403. The molecule has 0 saturated carbocycles. The summed E-state index contributed by atoms with van der Waals surface area (Å²) in [6.07, 6.45) is 2.17. The highest BCUT2D eigenvalue weighted by Crippen LogP contribution is 2.26. The van der Waals surface area contributed by atoms with E-state index in [0.29, 0.717) is 6.04 Å². The van der Waals surface area contributed by atoms with Crippen LogP contribution in [-0.2, 0) is 6.42 Å². The van der Waals surface area contributed by atoms with Crippen LogP contribution in [0.2, 0.25) is 5.02 Å². The zero-order valence-electron chi connectivity index (χ0n) is 11.4. The smallest absolute Gasteiger partial charge is 0.0455 e. The van der Waals surface area contributed by atoms with Crippen molar-refractivity contribution < 1.29 is 0 Å². The lowest BCUT2D eigenvalue weighted by atomic mass is 10.0. The topological polar surface area (TPSA) is 12.0 Å². The zero-order chi connectivity index (χ0) is 13.7. The number of halogens is 1. The Labute approximate surface area is 124 Å². The van der Waals surface area contributed by atoms with Gasteiger partial charge in [0.15, 0.2) is 0 Å². The first kappa shape index (κ1) is 14.6. The van der Waals surface area contributed by atoms with E-state index in [1.165, 1.54) is 15.3 Å². The lowest BCUT2D eigenvalue weighted by molar-refractivity contribution is 0.536. The summed E-state index contributed by atoms with van der Waals surface area (Å²) in [6, 6.07) is 13.0. The number of aryl methyl sites for hydroxylation is 1. The molecule has 0 radical (unpaired) electrons. The number of benzene rings is 1. The Bertz CT molecular complexity index is 504. The summed E-state index contributed by atoms with van der Waals surface area (Å²) in [6.45, 7) is 5.41. The first-order chi connectivity index (χ1) is 9.19. The Morgan fingerprint density at radius 1 is 1.16 bits per heavy atom. The van der Waals surface area contributed by atoms with Gasteiger partial charge < -0.3 is 5.32 Å². The molecule has 0 saturated heterocycles. The highest BCUT2D eigenvalue weighted by Gasteiger charge is 2.13. The predicted octanol–water partition coefficient (Wildman–Crippen LogP) is 4.99.